The number of urea groups is 1. The van der Waals surface area contributed by atoms with E-state index in [1.54, 1.807) is 18.2 Å². The Morgan fingerprint density at radius 2 is 1.86 bits per heavy atom. The van der Waals surface area contributed by atoms with Crippen molar-refractivity contribution >= 4 is 11.7 Å². The molecule has 0 spiro atoms. The van der Waals surface area contributed by atoms with E-state index in [4.69, 9.17) is 14.2 Å². The first-order chi connectivity index (χ1) is 13.3. The number of methoxy groups -OCH3 is 2. The summed E-state index contributed by atoms with van der Waals surface area (Å²) in [7, 11) is 3.00. The highest BCUT2D eigenvalue weighted by Gasteiger charge is 2.34. The number of carbonyl (C=O) groups excluding carboxylic acids is 1. The molecule has 28 heavy (non-hydrogen) atoms. The number of rotatable bonds is 5. The summed E-state index contributed by atoms with van der Waals surface area (Å²) in [5.74, 6) is 0.881. The number of nitrogens with zero attached hydrogens (tertiary/aromatic N) is 2. The maximum Gasteiger partial charge on any atom is 0.416 e. The lowest BCUT2D eigenvalue weighted by molar-refractivity contribution is -0.137. The van der Waals surface area contributed by atoms with Crippen LogP contribution in [0.5, 0.6) is 17.4 Å². The molecular weight excluding hydrogens is 379 g/mol. The van der Waals surface area contributed by atoms with Gasteiger partial charge in [-0.05, 0) is 18.2 Å². The second-order valence-corrected chi connectivity index (χ2v) is 6.03. The van der Waals surface area contributed by atoms with Gasteiger partial charge in [0.25, 0.3) is 0 Å². The van der Waals surface area contributed by atoms with E-state index in [1.165, 1.54) is 19.1 Å². The predicted molar refractivity (Wildman–Crippen MR) is 93.8 cm³/mol. The lowest BCUT2D eigenvalue weighted by Crippen LogP contribution is -2.57. The number of amides is 2. The van der Waals surface area contributed by atoms with Crippen molar-refractivity contribution in [3.8, 4) is 17.4 Å². The van der Waals surface area contributed by atoms with E-state index in [9.17, 15) is 18.0 Å². The molecule has 1 fully saturated rings. The van der Waals surface area contributed by atoms with Gasteiger partial charge in [0.2, 0.25) is 5.88 Å². The maximum atomic E-state index is 12.7. The third-order valence-corrected chi connectivity index (χ3v) is 4.12. The molecule has 1 aliphatic rings. The molecule has 3 rings (SSSR count). The molecule has 2 heterocycles. The number of likely N-dealkylation sites (tertiary alicyclic amines) is 1. The molecule has 0 bridgehead atoms. The van der Waals surface area contributed by atoms with Gasteiger partial charge in [-0.1, -0.05) is 0 Å². The van der Waals surface area contributed by atoms with Gasteiger partial charge < -0.3 is 24.4 Å². The van der Waals surface area contributed by atoms with Crippen LogP contribution < -0.4 is 19.5 Å². The summed E-state index contributed by atoms with van der Waals surface area (Å²) in [5, 5.41) is 2.71. The fraction of sp³-hybridized carbons (Fsp3) is 0.333. The molecule has 2 amide bonds. The Hall–Kier alpha value is -3.17. The molecule has 1 aromatic heterocycles. The summed E-state index contributed by atoms with van der Waals surface area (Å²) in [6, 6.07) is 6.30. The van der Waals surface area contributed by atoms with Gasteiger partial charge >= 0.3 is 12.2 Å². The van der Waals surface area contributed by atoms with Crippen molar-refractivity contribution in [3.63, 3.8) is 0 Å². The average molecular weight is 397 g/mol. The fourth-order valence-electron chi connectivity index (χ4n) is 2.62. The maximum absolute atomic E-state index is 12.7. The lowest BCUT2D eigenvalue weighted by atomic mass is 10.2. The molecule has 2 aromatic rings. The van der Waals surface area contributed by atoms with Crippen molar-refractivity contribution in [1.29, 1.82) is 0 Å². The van der Waals surface area contributed by atoms with Gasteiger partial charge in [-0.25, -0.2) is 9.78 Å². The molecule has 150 valence electrons. The van der Waals surface area contributed by atoms with Crippen molar-refractivity contribution in [3.05, 3.63) is 42.1 Å². The average Bonchev–Trinajstić information content (AvgIpc) is 2.63. The summed E-state index contributed by atoms with van der Waals surface area (Å²) in [5.41, 5.74) is -0.313. The SMILES string of the molecule is COc1ccc(NC(=O)N2CC(Oc3cc(C(F)(F)F)ccn3)C2)cc1OC. The molecule has 1 aliphatic heterocycles. The van der Waals surface area contributed by atoms with E-state index >= 15 is 0 Å². The zero-order valence-corrected chi connectivity index (χ0v) is 15.1. The topological polar surface area (TPSA) is 72.9 Å². The van der Waals surface area contributed by atoms with Crippen molar-refractivity contribution in [2.24, 2.45) is 0 Å². The summed E-state index contributed by atoms with van der Waals surface area (Å²) < 4.78 is 53.9. The molecule has 1 saturated heterocycles. The first-order valence-electron chi connectivity index (χ1n) is 8.28. The number of ether oxygens (including phenoxy) is 3. The zero-order valence-electron chi connectivity index (χ0n) is 15.1. The molecule has 0 aliphatic carbocycles. The van der Waals surface area contributed by atoms with Crippen molar-refractivity contribution in [2.75, 3.05) is 32.6 Å². The second kappa shape index (κ2) is 7.83. The number of pyridine rings is 1. The number of nitrogens with one attached hydrogen (secondary N) is 1. The number of halogens is 3. The standard InChI is InChI=1S/C18H18F3N3O4/c1-26-14-4-3-12(8-15(14)27-2)23-17(25)24-9-13(10-24)28-16-7-11(5-6-22-16)18(19,20)21/h3-8,13H,9-10H2,1-2H3,(H,23,25). The number of carbonyl (C=O) groups is 1. The van der Waals surface area contributed by atoms with Crippen molar-refractivity contribution in [1.82, 2.24) is 9.88 Å². The van der Waals surface area contributed by atoms with E-state index in [0.717, 1.165) is 18.3 Å². The minimum absolute atomic E-state index is 0.125. The minimum atomic E-state index is -4.47. The quantitative estimate of drug-likeness (QED) is 0.837. The number of aromatic nitrogens is 1. The Morgan fingerprint density at radius 1 is 1.14 bits per heavy atom. The van der Waals surface area contributed by atoms with Crippen LogP contribution in [-0.2, 0) is 6.18 Å². The molecule has 0 saturated carbocycles. The molecule has 0 radical (unpaired) electrons. The number of hydrogen-bond acceptors (Lipinski definition) is 5. The summed E-state index contributed by atoms with van der Waals surface area (Å²) in [4.78, 5) is 17.5. The van der Waals surface area contributed by atoms with Crippen LogP contribution in [0, 0.1) is 0 Å². The molecule has 10 heteroatoms. The van der Waals surface area contributed by atoms with Crippen molar-refractivity contribution in [2.45, 2.75) is 12.3 Å². The van der Waals surface area contributed by atoms with Crippen LogP contribution in [-0.4, -0.2) is 49.3 Å². The van der Waals surface area contributed by atoms with Gasteiger partial charge in [-0.15, -0.1) is 0 Å². The third kappa shape index (κ3) is 4.38. The zero-order chi connectivity index (χ0) is 20.3. The number of alkyl halides is 3. The molecule has 1 N–H and O–H groups in total. The molecule has 0 unspecified atom stereocenters. The number of benzene rings is 1. The second-order valence-electron chi connectivity index (χ2n) is 6.03. The Balaban J connectivity index is 1.53. The molecular formula is C18H18F3N3O4. The van der Waals surface area contributed by atoms with Crippen LogP contribution in [0.3, 0.4) is 0 Å². The minimum Gasteiger partial charge on any atom is -0.493 e. The van der Waals surface area contributed by atoms with Gasteiger partial charge in [-0.3, -0.25) is 0 Å². The van der Waals surface area contributed by atoms with Crippen LogP contribution >= 0.6 is 0 Å². The highest BCUT2D eigenvalue weighted by molar-refractivity contribution is 5.90. The first-order valence-corrected chi connectivity index (χ1v) is 8.28. The van der Waals surface area contributed by atoms with Crippen LogP contribution in [0.2, 0.25) is 0 Å². The van der Waals surface area contributed by atoms with Crippen LogP contribution in [0.4, 0.5) is 23.7 Å². The smallest absolute Gasteiger partial charge is 0.416 e. The predicted octanol–water partition coefficient (Wildman–Crippen LogP) is 3.41. The first kappa shape index (κ1) is 19.6. The Morgan fingerprint density at radius 3 is 2.50 bits per heavy atom. The summed E-state index contributed by atoms with van der Waals surface area (Å²) in [6.07, 6.45) is -3.85. The van der Waals surface area contributed by atoms with Crippen LogP contribution in [0.15, 0.2) is 36.5 Å². The lowest BCUT2D eigenvalue weighted by Gasteiger charge is -2.38. The normalized spacial score (nSPS) is 14.2. The highest BCUT2D eigenvalue weighted by Crippen LogP contribution is 2.32. The van der Waals surface area contributed by atoms with Crippen LogP contribution in [0.25, 0.3) is 0 Å². The summed E-state index contributed by atoms with van der Waals surface area (Å²) in [6.45, 7) is 0.466. The number of hydrogen-bond donors (Lipinski definition) is 1. The van der Waals surface area contributed by atoms with Crippen LogP contribution in [0.1, 0.15) is 5.56 Å². The number of anilines is 1. The van der Waals surface area contributed by atoms with Gasteiger partial charge in [0.1, 0.15) is 6.10 Å². The third-order valence-electron chi connectivity index (χ3n) is 4.12. The van der Waals surface area contributed by atoms with Crippen molar-refractivity contribution < 1.29 is 32.2 Å². The van der Waals surface area contributed by atoms with E-state index in [1.807, 2.05) is 0 Å². The largest absolute Gasteiger partial charge is 0.493 e. The van der Waals surface area contributed by atoms with Gasteiger partial charge in [0, 0.05) is 24.0 Å². The summed E-state index contributed by atoms with van der Waals surface area (Å²) >= 11 is 0. The van der Waals surface area contributed by atoms with E-state index in [2.05, 4.69) is 10.3 Å². The molecule has 1 aromatic carbocycles. The fourth-order valence-corrected chi connectivity index (χ4v) is 2.62. The van der Waals surface area contributed by atoms with E-state index < -0.39 is 17.8 Å². The molecule has 0 atom stereocenters. The Bertz CT molecular complexity index is 854. The van der Waals surface area contributed by atoms with Gasteiger partial charge in [-0.2, -0.15) is 13.2 Å². The monoisotopic (exact) mass is 397 g/mol. The molecule has 7 nitrogen and oxygen atoms in total. The van der Waals surface area contributed by atoms with E-state index in [-0.39, 0.29) is 25.0 Å². The highest BCUT2D eigenvalue weighted by atomic mass is 19.4. The van der Waals surface area contributed by atoms with Gasteiger partial charge in [0.05, 0.1) is 32.9 Å². The Kier molecular flexibility index (Phi) is 5.48. The van der Waals surface area contributed by atoms with E-state index in [0.29, 0.717) is 17.2 Å². The van der Waals surface area contributed by atoms with Gasteiger partial charge in [0.15, 0.2) is 11.5 Å². The Labute approximate surface area is 159 Å².